The van der Waals surface area contributed by atoms with E-state index in [9.17, 15) is 14.4 Å². The van der Waals surface area contributed by atoms with Crippen LogP contribution < -0.4 is 0 Å². The molecule has 50 heavy (non-hydrogen) atoms. The van der Waals surface area contributed by atoms with Crippen LogP contribution in [0.15, 0.2) is 0 Å². The summed E-state index contributed by atoms with van der Waals surface area (Å²) in [7, 11) is 0. The van der Waals surface area contributed by atoms with Crippen LogP contribution in [0, 0.1) is 0 Å². The molecule has 0 spiro atoms. The van der Waals surface area contributed by atoms with E-state index in [2.05, 4.69) is 31.9 Å². The zero-order valence-electron chi connectivity index (χ0n) is 28.8. The highest BCUT2D eigenvalue weighted by molar-refractivity contribution is 9.12. The number of ether oxygens (including phenoxy) is 12. The van der Waals surface area contributed by atoms with Gasteiger partial charge in [0.15, 0.2) is 0 Å². The number of carboxylic acids is 1. The first kappa shape index (κ1) is 47.1. The number of carbonyl (C=O) groups excluding carboxylic acids is 2. The van der Waals surface area contributed by atoms with Gasteiger partial charge in [0, 0.05) is 0 Å². The first-order valence-electron chi connectivity index (χ1n) is 16.7. The minimum Gasteiger partial charge on any atom is -0.481 e. The van der Waals surface area contributed by atoms with Crippen molar-refractivity contribution in [2.24, 2.45) is 0 Å². The number of hydrogen-bond donors (Lipinski definition) is 1. The lowest BCUT2D eigenvalue weighted by Crippen LogP contribution is -2.34. The van der Waals surface area contributed by atoms with Crippen LogP contribution in [0.25, 0.3) is 0 Å². The molecule has 2 unspecified atom stereocenters. The van der Waals surface area contributed by atoms with Crippen LogP contribution in [0.2, 0.25) is 0 Å². The molecule has 1 aliphatic rings. The Morgan fingerprint density at radius 3 is 0.840 bits per heavy atom. The maximum Gasteiger partial charge on any atom is 0.305 e. The molecule has 1 aliphatic heterocycles. The summed E-state index contributed by atoms with van der Waals surface area (Å²) in [5.41, 5.74) is 0. The van der Waals surface area contributed by atoms with E-state index in [1.807, 2.05) is 0 Å². The fourth-order valence-corrected chi connectivity index (χ4v) is 4.66. The molecule has 1 rings (SSSR count). The molecule has 0 aromatic heterocycles. The second-order valence-electron chi connectivity index (χ2n) is 10.1. The number of halogens is 2. The van der Waals surface area contributed by atoms with E-state index in [4.69, 9.17) is 61.9 Å². The fourth-order valence-electron chi connectivity index (χ4n) is 3.71. The van der Waals surface area contributed by atoms with Crippen molar-refractivity contribution in [1.82, 2.24) is 4.90 Å². The number of hydrogen-bond acceptors (Lipinski definition) is 15. The molecule has 0 saturated carbocycles. The highest BCUT2D eigenvalue weighted by Crippen LogP contribution is 2.26. The van der Waals surface area contributed by atoms with Gasteiger partial charge in [0.2, 0.25) is 11.8 Å². The number of carboxylic acid groups (broad SMARTS) is 1. The number of alkyl halides is 2. The lowest BCUT2D eigenvalue weighted by molar-refractivity contribution is -0.140. The zero-order chi connectivity index (χ0) is 36.3. The molecule has 294 valence electrons. The van der Waals surface area contributed by atoms with Crippen LogP contribution in [-0.4, -0.2) is 203 Å². The van der Waals surface area contributed by atoms with Crippen molar-refractivity contribution in [2.45, 2.75) is 16.1 Å². The van der Waals surface area contributed by atoms with Crippen LogP contribution in [0.4, 0.5) is 0 Å². The number of carbonyl (C=O) groups is 3. The third-order valence-corrected chi connectivity index (χ3v) is 8.82. The zero-order valence-corrected chi connectivity index (χ0v) is 32.0. The maximum atomic E-state index is 11.9. The molecule has 17 nitrogen and oxygen atoms in total. The van der Waals surface area contributed by atoms with E-state index in [0.29, 0.717) is 145 Å². The van der Waals surface area contributed by atoms with Crippen molar-refractivity contribution in [3.05, 3.63) is 0 Å². The summed E-state index contributed by atoms with van der Waals surface area (Å²) in [6.45, 7) is 10.5. The summed E-state index contributed by atoms with van der Waals surface area (Å²) in [5.74, 6) is -1.40. The Hall–Kier alpha value is -0.910. The molecule has 0 aromatic carbocycles. The summed E-state index contributed by atoms with van der Waals surface area (Å²) in [4.78, 5) is 34.4. The number of imide groups is 1. The number of amides is 2. The van der Waals surface area contributed by atoms with Crippen molar-refractivity contribution in [3.63, 3.8) is 0 Å². The van der Waals surface area contributed by atoms with Crippen molar-refractivity contribution < 1.29 is 76.3 Å². The first-order valence-corrected chi connectivity index (χ1v) is 18.6. The Labute approximate surface area is 311 Å². The van der Waals surface area contributed by atoms with E-state index in [1.54, 1.807) is 0 Å². The summed E-state index contributed by atoms with van der Waals surface area (Å²) in [6, 6.07) is 0. The van der Waals surface area contributed by atoms with Gasteiger partial charge in [-0.2, -0.15) is 0 Å². The van der Waals surface area contributed by atoms with Gasteiger partial charge in [-0.15, -0.1) is 0 Å². The van der Waals surface area contributed by atoms with Crippen molar-refractivity contribution in [2.75, 3.05) is 165 Å². The fraction of sp³-hybridized carbons (Fsp3) is 0.903. The molecule has 1 fully saturated rings. The number of nitrogens with zero attached hydrogens (tertiary/aromatic N) is 1. The molecule has 0 radical (unpaired) electrons. The van der Waals surface area contributed by atoms with Gasteiger partial charge in [-0.3, -0.25) is 19.3 Å². The van der Waals surface area contributed by atoms with E-state index < -0.39 is 15.6 Å². The van der Waals surface area contributed by atoms with Gasteiger partial charge in [0.05, 0.1) is 172 Å². The molecule has 2 amide bonds. The minimum absolute atomic E-state index is 0.00885. The lowest BCUT2D eigenvalue weighted by atomic mass is 10.4. The highest BCUT2D eigenvalue weighted by atomic mass is 79.9. The first-order chi connectivity index (χ1) is 24.4. The largest absolute Gasteiger partial charge is 0.481 e. The summed E-state index contributed by atoms with van der Waals surface area (Å²) in [6.07, 6.45) is -0.00885. The van der Waals surface area contributed by atoms with E-state index in [0.717, 1.165) is 0 Å². The molecule has 0 aromatic rings. The predicted molar refractivity (Wildman–Crippen MR) is 184 cm³/mol. The summed E-state index contributed by atoms with van der Waals surface area (Å²) < 4.78 is 64.8. The van der Waals surface area contributed by atoms with Crippen LogP contribution in [0.3, 0.4) is 0 Å². The van der Waals surface area contributed by atoms with E-state index >= 15 is 0 Å². The van der Waals surface area contributed by atoms with Crippen LogP contribution in [0.5, 0.6) is 0 Å². The molecular formula is C31H55Br2NO16. The Bertz CT molecular complexity index is 814. The Morgan fingerprint density at radius 2 is 0.620 bits per heavy atom. The third-order valence-electron chi connectivity index (χ3n) is 6.27. The Morgan fingerprint density at radius 1 is 0.420 bits per heavy atom. The molecule has 2 atom stereocenters. The van der Waals surface area contributed by atoms with Crippen molar-refractivity contribution >= 4 is 49.6 Å². The highest BCUT2D eigenvalue weighted by Gasteiger charge is 2.44. The molecular weight excluding hydrogens is 802 g/mol. The smallest absolute Gasteiger partial charge is 0.305 e. The predicted octanol–water partition coefficient (Wildman–Crippen LogP) is 0.556. The maximum absolute atomic E-state index is 11.9. The molecule has 0 aliphatic carbocycles. The third kappa shape index (κ3) is 27.7. The molecule has 0 bridgehead atoms. The van der Waals surface area contributed by atoms with Gasteiger partial charge in [-0.1, -0.05) is 31.9 Å². The topological polar surface area (TPSA) is 185 Å². The van der Waals surface area contributed by atoms with Gasteiger partial charge < -0.3 is 61.9 Å². The van der Waals surface area contributed by atoms with Gasteiger partial charge in [-0.05, 0) is 0 Å². The van der Waals surface area contributed by atoms with E-state index in [-0.39, 0.29) is 38.0 Å². The van der Waals surface area contributed by atoms with Gasteiger partial charge in [0.1, 0.15) is 9.65 Å². The molecule has 1 N–H and O–H groups in total. The van der Waals surface area contributed by atoms with Gasteiger partial charge in [0.25, 0.3) is 0 Å². The molecule has 19 heteroatoms. The summed E-state index contributed by atoms with van der Waals surface area (Å²) >= 11 is 6.40. The quantitative estimate of drug-likeness (QED) is 0.0513. The normalized spacial score (nSPS) is 16.2. The van der Waals surface area contributed by atoms with E-state index in [1.165, 1.54) is 4.90 Å². The lowest BCUT2D eigenvalue weighted by Gasteiger charge is -2.14. The molecule has 1 heterocycles. The standard InChI is InChI=1S/C31H55Br2NO16/c32-28-29(33)31(38)34(30(28)37)2-4-40-6-8-42-10-12-44-14-16-46-18-20-48-22-24-50-26-25-49-23-21-47-19-17-45-15-13-43-11-9-41-7-5-39-3-1-27(35)36/h28-29H,1-26H2,(H,35,36). The SMILES string of the molecule is O=C(O)CCOCCOCCOCCOCCOCCOCCOCCOCCOCCOCCOCCOCCN1C(=O)C(Br)C(Br)C1=O. The number of aliphatic carboxylic acids is 1. The Kier molecular flexibility index (Phi) is 33.1. The second kappa shape index (κ2) is 35.1. The average Bonchev–Trinajstić information content (AvgIpc) is 3.28. The van der Waals surface area contributed by atoms with Crippen molar-refractivity contribution in [3.8, 4) is 0 Å². The number of rotatable bonds is 39. The summed E-state index contributed by atoms with van der Waals surface area (Å²) in [5, 5.41) is 8.49. The van der Waals surface area contributed by atoms with Gasteiger partial charge in [-0.25, -0.2) is 0 Å². The van der Waals surface area contributed by atoms with Crippen LogP contribution in [-0.2, 0) is 71.2 Å². The van der Waals surface area contributed by atoms with Gasteiger partial charge >= 0.3 is 5.97 Å². The van der Waals surface area contributed by atoms with Crippen molar-refractivity contribution in [1.29, 1.82) is 0 Å². The average molecular weight is 858 g/mol. The van der Waals surface area contributed by atoms with Crippen LogP contribution in [0.1, 0.15) is 6.42 Å². The number of likely N-dealkylation sites (tertiary alicyclic amines) is 1. The second-order valence-corrected chi connectivity index (χ2v) is 12.1. The van der Waals surface area contributed by atoms with Crippen LogP contribution >= 0.6 is 31.9 Å². The monoisotopic (exact) mass is 855 g/mol. The molecule has 1 saturated heterocycles. The minimum atomic E-state index is -0.880. The Balaban J connectivity index is 1.64.